The smallest absolute Gasteiger partial charge is 0.193 e. The van der Waals surface area contributed by atoms with E-state index in [1.54, 1.807) is 18.3 Å². The van der Waals surface area contributed by atoms with E-state index < -0.39 is 0 Å². The second kappa shape index (κ2) is 9.48. The molecule has 0 aliphatic heterocycles. The monoisotopic (exact) mass is 391 g/mol. The highest BCUT2D eigenvalue weighted by molar-refractivity contribution is 6.09. The van der Waals surface area contributed by atoms with Crippen LogP contribution in [0.15, 0.2) is 114 Å². The fourth-order valence-electron chi connectivity index (χ4n) is 3.03. The molecule has 0 heterocycles. The molecule has 4 aromatic rings. The minimum Gasteiger partial charge on any atom is -0.489 e. The highest BCUT2D eigenvalue weighted by atomic mass is 16.5. The van der Waals surface area contributed by atoms with Gasteiger partial charge in [-0.3, -0.25) is 9.79 Å². The van der Waals surface area contributed by atoms with Gasteiger partial charge in [-0.2, -0.15) is 0 Å². The highest BCUT2D eigenvalue weighted by Crippen LogP contribution is 2.18. The quantitative estimate of drug-likeness (QED) is 0.276. The third-order valence-corrected chi connectivity index (χ3v) is 4.63. The number of carbonyl (C=O) groups excluding carboxylic acids is 1. The van der Waals surface area contributed by atoms with Gasteiger partial charge in [0.25, 0.3) is 0 Å². The van der Waals surface area contributed by atoms with E-state index in [4.69, 9.17) is 4.74 Å². The van der Waals surface area contributed by atoms with Crippen molar-refractivity contribution in [3.05, 3.63) is 131 Å². The van der Waals surface area contributed by atoms with Crippen LogP contribution >= 0.6 is 0 Å². The van der Waals surface area contributed by atoms with Crippen molar-refractivity contribution in [3.8, 4) is 5.75 Å². The number of aliphatic imine (C=N–C) groups is 1. The Morgan fingerprint density at radius 3 is 2.13 bits per heavy atom. The molecule has 0 saturated carbocycles. The Morgan fingerprint density at radius 1 is 0.733 bits per heavy atom. The van der Waals surface area contributed by atoms with Gasteiger partial charge in [-0.15, -0.1) is 0 Å². The van der Waals surface area contributed by atoms with Crippen molar-refractivity contribution in [2.75, 3.05) is 0 Å². The molecule has 30 heavy (non-hydrogen) atoms. The molecule has 0 amide bonds. The third-order valence-electron chi connectivity index (χ3n) is 4.63. The normalized spacial score (nSPS) is 10.8. The summed E-state index contributed by atoms with van der Waals surface area (Å²) in [6.45, 7) is 0.526. The summed E-state index contributed by atoms with van der Waals surface area (Å²) in [5.41, 5.74) is 4.19. The number of rotatable bonds is 7. The van der Waals surface area contributed by atoms with Crippen molar-refractivity contribution in [1.82, 2.24) is 0 Å². The SMILES string of the molecule is O=C(c1ccccc1)c1ccc(N=Cc2cccc(OCc3ccccc3)c2)cc1. The van der Waals surface area contributed by atoms with Gasteiger partial charge in [-0.1, -0.05) is 72.8 Å². The molecule has 0 N–H and O–H groups in total. The summed E-state index contributed by atoms with van der Waals surface area (Å²) in [6, 6.07) is 34.5. The lowest BCUT2D eigenvalue weighted by atomic mass is 10.0. The van der Waals surface area contributed by atoms with E-state index in [1.165, 1.54) is 0 Å². The van der Waals surface area contributed by atoms with Crippen molar-refractivity contribution < 1.29 is 9.53 Å². The molecule has 4 aromatic carbocycles. The minimum atomic E-state index is 0.00870. The fraction of sp³-hybridized carbons (Fsp3) is 0.0370. The molecule has 0 fully saturated rings. The number of nitrogens with zero attached hydrogens (tertiary/aromatic N) is 1. The van der Waals surface area contributed by atoms with Crippen LogP contribution in [0.2, 0.25) is 0 Å². The van der Waals surface area contributed by atoms with Gasteiger partial charge >= 0.3 is 0 Å². The van der Waals surface area contributed by atoms with E-state index >= 15 is 0 Å². The van der Waals surface area contributed by atoms with Crippen LogP contribution in [0, 0.1) is 0 Å². The van der Waals surface area contributed by atoms with Crippen LogP contribution in [0.3, 0.4) is 0 Å². The van der Waals surface area contributed by atoms with Crippen LogP contribution in [0.4, 0.5) is 5.69 Å². The molecule has 0 aromatic heterocycles. The van der Waals surface area contributed by atoms with Crippen LogP contribution in [-0.4, -0.2) is 12.0 Å². The summed E-state index contributed by atoms with van der Waals surface area (Å²) in [7, 11) is 0. The Kier molecular flexibility index (Phi) is 6.11. The molecule has 4 rings (SSSR count). The summed E-state index contributed by atoms with van der Waals surface area (Å²) >= 11 is 0. The minimum absolute atomic E-state index is 0.00870. The molecule has 0 radical (unpaired) electrons. The Bertz CT molecular complexity index is 1130. The maximum Gasteiger partial charge on any atom is 0.193 e. The maximum absolute atomic E-state index is 12.5. The van der Waals surface area contributed by atoms with Crippen molar-refractivity contribution in [2.45, 2.75) is 6.61 Å². The molecule has 0 saturated heterocycles. The molecular weight excluding hydrogens is 370 g/mol. The zero-order valence-electron chi connectivity index (χ0n) is 16.4. The molecule has 3 heteroatoms. The number of benzene rings is 4. The van der Waals surface area contributed by atoms with E-state index in [0.29, 0.717) is 17.7 Å². The van der Waals surface area contributed by atoms with Crippen molar-refractivity contribution in [1.29, 1.82) is 0 Å². The van der Waals surface area contributed by atoms with Crippen molar-refractivity contribution in [3.63, 3.8) is 0 Å². The first-order valence-corrected chi connectivity index (χ1v) is 9.79. The second-order valence-corrected chi connectivity index (χ2v) is 6.85. The molecule has 0 atom stereocenters. The van der Waals surface area contributed by atoms with Crippen LogP contribution in [0.1, 0.15) is 27.0 Å². The van der Waals surface area contributed by atoms with E-state index in [1.807, 2.05) is 97.1 Å². The number of carbonyl (C=O) groups is 1. The summed E-state index contributed by atoms with van der Waals surface area (Å²) in [5.74, 6) is 0.806. The largest absolute Gasteiger partial charge is 0.489 e. The Morgan fingerprint density at radius 2 is 1.40 bits per heavy atom. The molecule has 0 spiro atoms. The zero-order chi connectivity index (χ0) is 20.6. The topological polar surface area (TPSA) is 38.7 Å². The predicted octanol–water partition coefficient (Wildman–Crippen LogP) is 6.25. The van der Waals surface area contributed by atoms with E-state index in [9.17, 15) is 4.79 Å². The summed E-state index contributed by atoms with van der Waals surface area (Å²) in [6.07, 6.45) is 1.80. The number of ether oxygens (including phenoxy) is 1. The van der Waals surface area contributed by atoms with Gasteiger partial charge in [0.15, 0.2) is 5.78 Å². The van der Waals surface area contributed by atoms with E-state index in [0.717, 1.165) is 22.6 Å². The summed E-state index contributed by atoms with van der Waals surface area (Å²) < 4.78 is 5.87. The first kappa shape index (κ1) is 19.3. The molecule has 0 aliphatic carbocycles. The molecule has 0 unspecified atom stereocenters. The maximum atomic E-state index is 12.5. The third kappa shape index (κ3) is 5.09. The number of hydrogen-bond donors (Lipinski definition) is 0. The summed E-state index contributed by atoms with van der Waals surface area (Å²) in [4.78, 5) is 17.0. The van der Waals surface area contributed by atoms with Crippen LogP contribution < -0.4 is 4.74 Å². The zero-order valence-corrected chi connectivity index (χ0v) is 16.4. The van der Waals surface area contributed by atoms with Crippen molar-refractivity contribution in [2.24, 2.45) is 4.99 Å². The molecule has 0 bridgehead atoms. The Balaban J connectivity index is 1.40. The van der Waals surface area contributed by atoms with Crippen LogP contribution in [-0.2, 0) is 6.61 Å². The Labute approximate surface area is 176 Å². The van der Waals surface area contributed by atoms with Gasteiger partial charge in [0.2, 0.25) is 0 Å². The lowest BCUT2D eigenvalue weighted by molar-refractivity contribution is 0.103. The van der Waals surface area contributed by atoms with Crippen LogP contribution in [0.5, 0.6) is 5.75 Å². The van der Waals surface area contributed by atoms with E-state index in [2.05, 4.69) is 4.99 Å². The van der Waals surface area contributed by atoms with Gasteiger partial charge in [0, 0.05) is 17.3 Å². The molecule has 146 valence electrons. The second-order valence-electron chi connectivity index (χ2n) is 6.85. The fourth-order valence-corrected chi connectivity index (χ4v) is 3.03. The van der Waals surface area contributed by atoms with Crippen molar-refractivity contribution >= 4 is 17.7 Å². The summed E-state index contributed by atoms with van der Waals surface area (Å²) in [5, 5.41) is 0. The lowest BCUT2D eigenvalue weighted by Gasteiger charge is -2.06. The van der Waals surface area contributed by atoms with E-state index in [-0.39, 0.29) is 5.78 Å². The lowest BCUT2D eigenvalue weighted by Crippen LogP contribution is -2.00. The average Bonchev–Trinajstić information content (AvgIpc) is 2.83. The number of hydrogen-bond acceptors (Lipinski definition) is 3. The van der Waals surface area contributed by atoms with Gasteiger partial charge in [-0.25, -0.2) is 0 Å². The van der Waals surface area contributed by atoms with Crippen LogP contribution in [0.25, 0.3) is 0 Å². The standard InChI is InChI=1S/C27H21NO2/c29-27(23-11-5-2-6-12-23)24-14-16-25(17-15-24)28-19-22-10-7-13-26(18-22)30-20-21-8-3-1-4-9-21/h1-19H,20H2. The van der Waals surface area contributed by atoms with Gasteiger partial charge in [0.1, 0.15) is 12.4 Å². The van der Waals surface area contributed by atoms with Gasteiger partial charge < -0.3 is 4.74 Å². The highest BCUT2D eigenvalue weighted by Gasteiger charge is 2.07. The average molecular weight is 391 g/mol. The molecule has 0 aliphatic rings. The first-order chi connectivity index (χ1) is 14.8. The van der Waals surface area contributed by atoms with Gasteiger partial charge in [-0.05, 0) is 47.5 Å². The number of ketones is 1. The molecule has 3 nitrogen and oxygen atoms in total. The Hall–Kier alpha value is -3.98. The first-order valence-electron chi connectivity index (χ1n) is 9.79. The molecular formula is C27H21NO2. The predicted molar refractivity (Wildman–Crippen MR) is 121 cm³/mol. The van der Waals surface area contributed by atoms with Gasteiger partial charge in [0.05, 0.1) is 5.69 Å².